The topological polar surface area (TPSA) is 66.4 Å². The predicted octanol–water partition coefficient (Wildman–Crippen LogP) is 2.78. The Kier molecular flexibility index (Phi) is 5.42. The number of amides is 1. The van der Waals surface area contributed by atoms with E-state index in [0.717, 1.165) is 11.3 Å². The number of carboxylic acids is 1. The molecule has 0 aliphatic heterocycles. The fourth-order valence-corrected chi connectivity index (χ4v) is 2.04. The van der Waals surface area contributed by atoms with Crippen LogP contribution in [0, 0.1) is 0 Å². The maximum atomic E-state index is 11.7. The van der Waals surface area contributed by atoms with Gasteiger partial charge in [-0.1, -0.05) is 6.92 Å². The zero-order chi connectivity index (χ0) is 14.5. The molecular formula is C14H19NO3S. The van der Waals surface area contributed by atoms with Crippen LogP contribution in [-0.2, 0) is 4.79 Å². The number of rotatable bonds is 6. The molecule has 0 saturated heterocycles. The van der Waals surface area contributed by atoms with Crippen molar-refractivity contribution in [3.8, 4) is 0 Å². The maximum Gasteiger partial charge on any atom is 0.335 e. The number of benzene rings is 1. The summed E-state index contributed by atoms with van der Waals surface area (Å²) in [6, 6.07) is 6.51. The first-order chi connectivity index (χ1) is 8.84. The standard InChI is InChI=1S/C14H19NO3S/c1-4-14(2,3)15-12(16)9-19-11-7-5-10(6-8-11)13(17)18/h5-8H,4,9H2,1-3H3,(H,15,16)(H,17,18). The molecule has 1 aromatic carbocycles. The second kappa shape index (κ2) is 6.61. The molecule has 1 amide bonds. The monoisotopic (exact) mass is 281 g/mol. The lowest BCUT2D eigenvalue weighted by atomic mass is 10.0. The molecule has 1 rings (SSSR count). The molecule has 0 fully saturated rings. The molecule has 0 spiro atoms. The number of carboxylic acid groups (broad SMARTS) is 1. The Hall–Kier alpha value is -1.49. The summed E-state index contributed by atoms with van der Waals surface area (Å²) in [6.07, 6.45) is 0.872. The number of carbonyl (C=O) groups is 2. The summed E-state index contributed by atoms with van der Waals surface area (Å²) in [5.74, 6) is -0.631. The average molecular weight is 281 g/mol. The Bertz CT molecular complexity index is 454. The molecule has 0 unspecified atom stereocenters. The molecule has 19 heavy (non-hydrogen) atoms. The highest BCUT2D eigenvalue weighted by atomic mass is 32.2. The number of thioether (sulfide) groups is 1. The Morgan fingerprint density at radius 3 is 2.32 bits per heavy atom. The molecule has 0 radical (unpaired) electrons. The summed E-state index contributed by atoms with van der Waals surface area (Å²) in [5, 5.41) is 11.7. The van der Waals surface area contributed by atoms with Crippen LogP contribution in [0.3, 0.4) is 0 Å². The predicted molar refractivity (Wildman–Crippen MR) is 76.6 cm³/mol. The molecule has 5 heteroatoms. The summed E-state index contributed by atoms with van der Waals surface area (Å²) in [4.78, 5) is 23.3. The van der Waals surface area contributed by atoms with Gasteiger partial charge in [0.15, 0.2) is 0 Å². The van der Waals surface area contributed by atoms with E-state index in [4.69, 9.17) is 5.11 Å². The van der Waals surface area contributed by atoms with Crippen LogP contribution >= 0.6 is 11.8 Å². The third kappa shape index (κ3) is 5.34. The third-order valence-corrected chi connectivity index (χ3v) is 3.84. The van der Waals surface area contributed by atoms with Gasteiger partial charge in [-0.15, -0.1) is 11.8 Å². The van der Waals surface area contributed by atoms with Gasteiger partial charge in [-0.3, -0.25) is 4.79 Å². The van der Waals surface area contributed by atoms with Gasteiger partial charge in [0.05, 0.1) is 11.3 Å². The molecular weight excluding hydrogens is 262 g/mol. The SMILES string of the molecule is CCC(C)(C)NC(=O)CSc1ccc(C(=O)O)cc1. The Labute approximate surface area is 117 Å². The smallest absolute Gasteiger partial charge is 0.335 e. The first-order valence-corrected chi connectivity index (χ1v) is 7.10. The van der Waals surface area contributed by atoms with Gasteiger partial charge in [0.2, 0.25) is 5.91 Å². The van der Waals surface area contributed by atoms with E-state index in [1.807, 2.05) is 20.8 Å². The third-order valence-electron chi connectivity index (χ3n) is 2.83. The quantitative estimate of drug-likeness (QED) is 0.787. The van der Waals surface area contributed by atoms with E-state index in [0.29, 0.717) is 5.75 Å². The summed E-state index contributed by atoms with van der Waals surface area (Å²) < 4.78 is 0. The van der Waals surface area contributed by atoms with Gasteiger partial charge in [-0.05, 0) is 44.5 Å². The van der Waals surface area contributed by atoms with E-state index in [1.165, 1.54) is 11.8 Å². The largest absolute Gasteiger partial charge is 0.478 e. The van der Waals surface area contributed by atoms with Crippen LogP contribution in [0.1, 0.15) is 37.6 Å². The maximum absolute atomic E-state index is 11.7. The Morgan fingerprint density at radius 2 is 1.84 bits per heavy atom. The first kappa shape index (κ1) is 15.6. The molecule has 0 aliphatic rings. The molecule has 4 nitrogen and oxygen atoms in total. The van der Waals surface area contributed by atoms with Crippen LogP contribution in [0.5, 0.6) is 0 Å². The number of carbonyl (C=O) groups excluding carboxylic acids is 1. The van der Waals surface area contributed by atoms with Crippen LogP contribution in [0.4, 0.5) is 0 Å². The van der Waals surface area contributed by atoms with Crippen LogP contribution in [0.2, 0.25) is 0 Å². The second-order valence-corrected chi connectivity index (χ2v) is 5.95. The van der Waals surface area contributed by atoms with Crippen molar-refractivity contribution in [1.29, 1.82) is 0 Å². The van der Waals surface area contributed by atoms with Crippen molar-refractivity contribution in [3.63, 3.8) is 0 Å². The van der Waals surface area contributed by atoms with Crippen LogP contribution in [0.25, 0.3) is 0 Å². The van der Waals surface area contributed by atoms with Gasteiger partial charge in [0.25, 0.3) is 0 Å². The van der Waals surface area contributed by atoms with Gasteiger partial charge in [0, 0.05) is 10.4 Å². The van der Waals surface area contributed by atoms with E-state index in [2.05, 4.69) is 5.32 Å². The van der Waals surface area contributed by atoms with E-state index in [9.17, 15) is 9.59 Å². The van der Waals surface area contributed by atoms with Crippen molar-refractivity contribution in [1.82, 2.24) is 5.32 Å². The van der Waals surface area contributed by atoms with Crippen molar-refractivity contribution in [2.45, 2.75) is 37.6 Å². The minimum absolute atomic E-state index is 0.0147. The molecule has 0 bridgehead atoms. The molecule has 104 valence electrons. The van der Waals surface area contributed by atoms with E-state index >= 15 is 0 Å². The van der Waals surface area contributed by atoms with E-state index in [1.54, 1.807) is 24.3 Å². The van der Waals surface area contributed by atoms with E-state index in [-0.39, 0.29) is 17.0 Å². The Balaban J connectivity index is 2.48. The number of nitrogens with one attached hydrogen (secondary N) is 1. The number of hydrogen-bond donors (Lipinski definition) is 2. The van der Waals surface area contributed by atoms with Gasteiger partial charge >= 0.3 is 5.97 Å². The molecule has 0 atom stereocenters. The molecule has 0 aromatic heterocycles. The fourth-order valence-electron chi connectivity index (χ4n) is 1.34. The van der Waals surface area contributed by atoms with Crippen molar-refractivity contribution >= 4 is 23.6 Å². The van der Waals surface area contributed by atoms with Crippen LogP contribution in [-0.4, -0.2) is 28.3 Å². The fraction of sp³-hybridized carbons (Fsp3) is 0.429. The summed E-state index contributed by atoms with van der Waals surface area (Å²) in [7, 11) is 0. The lowest BCUT2D eigenvalue weighted by molar-refractivity contribution is -0.120. The van der Waals surface area contributed by atoms with Gasteiger partial charge in [-0.2, -0.15) is 0 Å². The van der Waals surface area contributed by atoms with Gasteiger partial charge in [-0.25, -0.2) is 4.79 Å². The van der Waals surface area contributed by atoms with Gasteiger partial charge in [0.1, 0.15) is 0 Å². The lowest BCUT2D eigenvalue weighted by Crippen LogP contribution is -2.43. The molecule has 0 saturated carbocycles. The second-order valence-electron chi connectivity index (χ2n) is 4.90. The molecule has 0 aliphatic carbocycles. The summed E-state index contributed by atoms with van der Waals surface area (Å²) in [5.41, 5.74) is 0.0612. The summed E-state index contributed by atoms with van der Waals surface area (Å²) in [6.45, 7) is 5.99. The van der Waals surface area contributed by atoms with Crippen molar-refractivity contribution < 1.29 is 14.7 Å². The highest BCUT2D eigenvalue weighted by Gasteiger charge is 2.17. The highest BCUT2D eigenvalue weighted by molar-refractivity contribution is 8.00. The Morgan fingerprint density at radius 1 is 1.26 bits per heavy atom. The van der Waals surface area contributed by atoms with Crippen LogP contribution in [0.15, 0.2) is 29.2 Å². The lowest BCUT2D eigenvalue weighted by Gasteiger charge is -2.24. The minimum Gasteiger partial charge on any atom is -0.478 e. The average Bonchev–Trinajstić information content (AvgIpc) is 2.36. The number of hydrogen-bond acceptors (Lipinski definition) is 3. The van der Waals surface area contributed by atoms with Crippen LogP contribution < -0.4 is 5.32 Å². The molecule has 2 N–H and O–H groups in total. The van der Waals surface area contributed by atoms with Crippen molar-refractivity contribution in [3.05, 3.63) is 29.8 Å². The molecule has 0 heterocycles. The zero-order valence-corrected chi connectivity index (χ0v) is 12.2. The first-order valence-electron chi connectivity index (χ1n) is 6.11. The van der Waals surface area contributed by atoms with Gasteiger partial charge < -0.3 is 10.4 Å². The van der Waals surface area contributed by atoms with E-state index < -0.39 is 5.97 Å². The highest BCUT2D eigenvalue weighted by Crippen LogP contribution is 2.18. The zero-order valence-electron chi connectivity index (χ0n) is 11.4. The normalized spacial score (nSPS) is 11.1. The molecule has 1 aromatic rings. The van der Waals surface area contributed by atoms with Crippen molar-refractivity contribution in [2.24, 2.45) is 0 Å². The number of aromatic carboxylic acids is 1. The van der Waals surface area contributed by atoms with Crippen molar-refractivity contribution in [2.75, 3.05) is 5.75 Å². The minimum atomic E-state index is -0.945. The summed E-state index contributed by atoms with van der Waals surface area (Å²) >= 11 is 1.40.